The van der Waals surface area contributed by atoms with Crippen molar-refractivity contribution in [3.8, 4) is 0 Å². The van der Waals surface area contributed by atoms with E-state index >= 15 is 0 Å². The molecule has 0 spiro atoms. The van der Waals surface area contributed by atoms with Crippen molar-refractivity contribution in [3.05, 3.63) is 46.0 Å². The second-order valence-corrected chi connectivity index (χ2v) is 5.56. The van der Waals surface area contributed by atoms with Gasteiger partial charge in [-0.25, -0.2) is 4.98 Å². The van der Waals surface area contributed by atoms with Crippen LogP contribution in [-0.4, -0.2) is 11.5 Å². The molecule has 0 bridgehead atoms. The fourth-order valence-electron chi connectivity index (χ4n) is 1.91. The number of nitrogens with one attached hydrogen (secondary N) is 1. The van der Waals surface area contributed by atoms with Gasteiger partial charge in [-0.3, -0.25) is 0 Å². The molecule has 3 nitrogen and oxygen atoms in total. The van der Waals surface area contributed by atoms with Crippen molar-refractivity contribution in [2.24, 2.45) is 5.73 Å². The molecule has 4 heteroatoms. The van der Waals surface area contributed by atoms with Gasteiger partial charge in [-0.05, 0) is 31.4 Å². The fourth-order valence-corrected chi connectivity index (χ4v) is 2.63. The highest BCUT2D eigenvalue weighted by atomic mass is 32.1. The first-order valence-corrected chi connectivity index (χ1v) is 6.95. The van der Waals surface area contributed by atoms with Gasteiger partial charge in [0.1, 0.15) is 0 Å². The second-order valence-electron chi connectivity index (χ2n) is 4.44. The van der Waals surface area contributed by atoms with Gasteiger partial charge in [-0.15, -0.1) is 11.3 Å². The van der Waals surface area contributed by atoms with Crippen LogP contribution in [0.4, 0.5) is 5.13 Å². The summed E-state index contributed by atoms with van der Waals surface area (Å²) < 4.78 is 0. The quantitative estimate of drug-likeness (QED) is 0.870. The Morgan fingerprint density at radius 3 is 2.83 bits per heavy atom. The molecule has 96 valence electrons. The topological polar surface area (TPSA) is 50.9 Å². The minimum Gasteiger partial charge on any atom is -0.361 e. The summed E-state index contributed by atoms with van der Waals surface area (Å²) in [7, 11) is 0. The van der Waals surface area contributed by atoms with Crippen LogP contribution in [0.3, 0.4) is 0 Å². The monoisotopic (exact) mass is 261 g/mol. The molecule has 0 aliphatic carbocycles. The highest BCUT2D eigenvalue weighted by molar-refractivity contribution is 7.15. The van der Waals surface area contributed by atoms with Crippen molar-refractivity contribution < 1.29 is 0 Å². The van der Waals surface area contributed by atoms with Crippen molar-refractivity contribution >= 4 is 16.5 Å². The lowest BCUT2D eigenvalue weighted by molar-refractivity contribution is 0.999. The molecular weight excluding hydrogens is 242 g/mol. The number of aromatic nitrogens is 1. The van der Waals surface area contributed by atoms with Gasteiger partial charge in [-0.1, -0.05) is 23.8 Å². The summed E-state index contributed by atoms with van der Waals surface area (Å²) in [6.45, 7) is 5.76. The maximum absolute atomic E-state index is 5.56. The zero-order valence-corrected chi connectivity index (χ0v) is 11.7. The van der Waals surface area contributed by atoms with Crippen LogP contribution >= 0.6 is 11.3 Å². The molecule has 0 aliphatic heterocycles. The van der Waals surface area contributed by atoms with Crippen LogP contribution in [0.1, 0.15) is 21.6 Å². The maximum Gasteiger partial charge on any atom is 0.182 e. The lowest BCUT2D eigenvalue weighted by atomic mass is 10.0. The molecule has 2 rings (SSSR count). The lowest BCUT2D eigenvalue weighted by Gasteiger charge is -2.07. The van der Waals surface area contributed by atoms with Gasteiger partial charge in [0.05, 0.1) is 0 Å². The molecule has 1 heterocycles. The largest absolute Gasteiger partial charge is 0.361 e. The third-order valence-electron chi connectivity index (χ3n) is 2.92. The summed E-state index contributed by atoms with van der Waals surface area (Å²) in [6, 6.07) is 6.60. The van der Waals surface area contributed by atoms with E-state index in [1.807, 2.05) is 6.20 Å². The number of rotatable bonds is 5. The number of hydrogen-bond donors (Lipinski definition) is 2. The van der Waals surface area contributed by atoms with Crippen LogP contribution in [-0.2, 0) is 13.0 Å². The van der Waals surface area contributed by atoms with E-state index in [0.717, 1.165) is 23.0 Å². The highest BCUT2D eigenvalue weighted by Gasteiger charge is 2.01. The molecule has 0 atom stereocenters. The lowest BCUT2D eigenvalue weighted by Crippen LogP contribution is -2.05. The molecule has 0 saturated carbocycles. The van der Waals surface area contributed by atoms with Crippen LogP contribution in [0.15, 0.2) is 24.4 Å². The van der Waals surface area contributed by atoms with Crippen LogP contribution in [0.2, 0.25) is 0 Å². The fraction of sp³-hybridized carbons (Fsp3) is 0.357. The molecular formula is C14H19N3S. The summed E-state index contributed by atoms with van der Waals surface area (Å²) in [4.78, 5) is 5.40. The van der Waals surface area contributed by atoms with Crippen molar-refractivity contribution in [1.82, 2.24) is 4.98 Å². The van der Waals surface area contributed by atoms with E-state index in [4.69, 9.17) is 5.73 Å². The average Bonchev–Trinajstić information content (AvgIpc) is 2.80. The molecule has 3 N–H and O–H groups in total. The van der Waals surface area contributed by atoms with E-state index in [1.54, 1.807) is 11.3 Å². The Kier molecular flexibility index (Phi) is 4.33. The molecule has 2 aromatic rings. The highest BCUT2D eigenvalue weighted by Crippen LogP contribution is 2.17. The molecule has 0 amide bonds. The van der Waals surface area contributed by atoms with Gasteiger partial charge in [0.15, 0.2) is 5.13 Å². The minimum atomic E-state index is 0.566. The molecule has 0 aliphatic rings. The van der Waals surface area contributed by atoms with Crippen molar-refractivity contribution in [1.29, 1.82) is 0 Å². The number of benzene rings is 1. The molecule has 0 saturated heterocycles. The van der Waals surface area contributed by atoms with E-state index < -0.39 is 0 Å². The Morgan fingerprint density at radius 2 is 2.17 bits per heavy atom. The van der Waals surface area contributed by atoms with E-state index in [0.29, 0.717) is 6.54 Å². The third-order valence-corrected chi connectivity index (χ3v) is 3.90. The first kappa shape index (κ1) is 13.1. The van der Waals surface area contributed by atoms with Crippen molar-refractivity contribution in [3.63, 3.8) is 0 Å². The normalized spacial score (nSPS) is 10.6. The Bertz CT molecular complexity index is 520. The Labute approximate surface area is 112 Å². The van der Waals surface area contributed by atoms with Gasteiger partial charge in [0.2, 0.25) is 0 Å². The zero-order valence-electron chi connectivity index (χ0n) is 10.9. The minimum absolute atomic E-state index is 0.566. The van der Waals surface area contributed by atoms with Crippen molar-refractivity contribution in [2.75, 3.05) is 11.9 Å². The maximum atomic E-state index is 5.56. The molecule has 0 fully saturated rings. The Morgan fingerprint density at radius 1 is 1.33 bits per heavy atom. The summed E-state index contributed by atoms with van der Waals surface area (Å²) in [5.74, 6) is 0. The summed E-state index contributed by atoms with van der Waals surface area (Å²) in [6.07, 6.45) is 2.85. The van der Waals surface area contributed by atoms with Crippen LogP contribution in [0, 0.1) is 13.8 Å². The number of anilines is 1. The van der Waals surface area contributed by atoms with Gasteiger partial charge < -0.3 is 11.1 Å². The van der Waals surface area contributed by atoms with Gasteiger partial charge in [0, 0.05) is 24.2 Å². The average molecular weight is 261 g/mol. The van der Waals surface area contributed by atoms with E-state index in [2.05, 4.69) is 42.3 Å². The number of hydrogen-bond acceptors (Lipinski definition) is 4. The SMILES string of the molecule is Cc1ccc(CCNc2ncc(CN)s2)c(C)c1. The molecule has 18 heavy (non-hydrogen) atoms. The Hall–Kier alpha value is -1.39. The molecule has 1 aromatic heterocycles. The summed E-state index contributed by atoms with van der Waals surface area (Å²) in [5, 5.41) is 4.30. The van der Waals surface area contributed by atoms with E-state index in [-0.39, 0.29) is 0 Å². The Balaban J connectivity index is 1.88. The molecule has 0 radical (unpaired) electrons. The first-order valence-electron chi connectivity index (χ1n) is 6.14. The van der Waals surface area contributed by atoms with E-state index in [9.17, 15) is 0 Å². The smallest absolute Gasteiger partial charge is 0.182 e. The number of thiazole rings is 1. The third kappa shape index (κ3) is 3.31. The second kappa shape index (κ2) is 5.98. The van der Waals surface area contributed by atoms with Gasteiger partial charge in [-0.2, -0.15) is 0 Å². The molecule has 1 aromatic carbocycles. The van der Waals surface area contributed by atoms with Crippen molar-refractivity contribution in [2.45, 2.75) is 26.8 Å². The standard InChI is InChI=1S/C14H19N3S/c1-10-3-4-12(11(2)7-10)5-6-16-14-17-9-13(8-15)18-14/h3-4,7,9H,5-6,8,15H2,1-2H3,(H,16,17). The van der Waals surface area contributed by atoms with Crippen LogP contribution < -0.4 is 11.1 Å². The zero-order chi connectivity index (χ0) is 13.0. The predicted molar refractivity (Wildman–Crippen MR) is 78.1 cm³/mol. The van der Waals surface area contributed by atoms with E-state index in [1.165, 1.54) is 16.7 Å². The van der Waals surface area contributed by atoms with Crippen LogP contribution in [0.5, 0.6) is 0 Å². The number of nitrogens with zero attached hydrogens (tertiary/aromatic N) is 1. The van der Waals surface area contributed by atoms with Gasteiger partial charge >= 0.3 is 0 Å². The summed E-state index contributed by atoms with van der Waals surface area (Å²) >= 11 is 1.63. The van der Waals surface area contributed by atoms with Crippen LogP contribution in [0.25, 0.3) is 0 Å². The predicted octanol–water partition coefficient (Wildman–Crippen LogP) is 2.87. The molecule has 0 unspecified atom stereocenters. The number of nitrogens with two attached hydrogens (primary N) is 1. The number of aryl methyl sites for hydroxylation is 2. The van der Waals surface area contributed by atoms with Gasteiger partial charge in [0.25, 0.3) is 0 Å². The first-order chi connectivity index (χ1) is 8.69. The summed E-state index contributed by atoms with van der Waals surface area (Å²) in [5.41, 5.74) is 9.63.